The van der Waals surface area contributed by atoms with E-state index in [2.05, 4.69) is 0 Å². The van der Waals surface area contributed by atoms with Crippen LogP contribution in [0.4, 0.5) is 0 Å². The molecule has 1 unspecified atom stereocenters. The van der Waals surface area contributed by atoms with Crippen molar-refractivity contribution < 1.29 is 4.21 Å². The SMILES string of the molecule is CCC1=C(C#N)C(N)=C(C#N)S1=S=O. The zero-order valence-electron chi connectivity index (χ0n) is 7.40. The quantitative estimate of drug-likeness (QED) is 0.708. The number of hydrogen-bond acceptors (Lipinski definition) is 4. The van der Waals surface area contributed by atoms with Gasteiger partial charge in [0.2, 0.25) is 0 Å². The molecular weight excluding hydrogens is 218 g/mol. The highest BCUT2D eigenvalue weighted by atomic mass is 32.8. The van der Waals surface area contributed by atoms with E-state index in [0.717, 1.165) is 0 Å². The molecule has 1 aliphatic heterocycles. The molecule has 72 valence electrons. The van der Waals surface area contributed by atoms with Crippen molar-refractivity contribution in [2.75, 3.05) is 0 Å². The number of allylic oxidation sites excluding steroid dienone is 3. The van der Waals surface area contributed by atoms with Gasteiger partial charge in [0.15, 0.2) is 0 Å². The minimum atomic E-state index is -0.858. The third kappa shape index (κ3) is 1.39. The third-order valence-corrected chi connectivity index (χ3v) is 5.07. The van der Waals surface area contributed by atoms with Crippen molar-refractivity contribution in [3.63, 3.8) is 0 Å². The zero-order valence-corrected chi connectivity index (χ0v) is 9.04. The maximum atomic E-state index is 10.8. The number of nitrogens with zero attached hydrogens (tertiary/aromatic N) is 2. The summed E-state index contributed by atoms with van der Waals surface area (Å²) in [5, 5.41) is 17.6. The van der Waals surface area contributed by atoms with E-state index in [1.165, 1.54) is 0 Å². The van der Waals surface area contributed by atoms with Crippen LogP contribution < -0.4 is 5.73 Å². The van der Waals surface area contributed by atoms with Crippen molar-refractivity contribution in [2.24, 2.45) is 5.73 Å². The Morgan fingerprint density at radius 3 is 2.50 bits per heavy atom. The summed E-state index contributed by atoms with van der Waals surface area (Å²) in [4.78, 5) is 0.944. The van der Waals surface area contributed by atoms with E-state index in [1.807, 2.05) is 19.1 Å². The van der Waals surface area contributed by atoms with Crippen molar-refractivity contribution in [1.82, 2.24) is 0 Å². The summed E-state index contributed by atoms with van der Waals surface area (Å²) in [6, 6.07) is 3.84. The molecule has 14 heavy (non-hydrogen) atoms. The zero-order chi connectivity index (χ0) is 10.7. The van der Waals surface area contributed by atoms with E-state index < -0.39 is 9.45 Å². The fourth-order valence-electron chi connectivity index (χ4n) is 1.19. The van der Waals surface area contributed by atoms with Gasteiger partial charge in [-0.2, -0.15) is 10.5 Å². The molecular formula is C8H7N3OS2. The van der Waals surface area contributed by atoms with Gasteiger partial charge in [0, 0.05) is 4.91 Å². The van der Waals surface area contributed by atoms with E-state index in [0.29, 0.717) is 27.1 Å². The Labute approximate surface area is 87.0 Å². The lowest BCUT2D eigenvalue weighted by Crippen LogP contribution is -1.99. The van der Waals surface area contributed by atoms with Crippen LogP contribution in [0.1, 0.15) is 13.3 Å². The van der Waals surface area contributed by atoms with Crippen LogP contribution in [0.5, 0.6) is 0 Å². The molecule has 2 N–H and O–H groups in total. The average molecular weight is 225 g/mol. The fraction of sp³-hybridized carbons (Fsp3) is 0.250. The maximum Gasteiger partial charge on any atom is 0.130 e. The molecule has 0 radical (unpaired) electrons. The van der Waals surface area contributed by atoms with E-state index in [4.69, 9.17) is 16.3 Å². The van der Waals surface area contributed by atoms with E-state index in [1.54, 1.807) is 0 Å². The Bertz CT molecular complexity index is 484. The van der Waals surface area contributed by atoms with Crippen molar-refractivity contribution in [3.8, 4) is 12.1 Å². The third-order valence-electron chi connectivity index (χ3n) is 1.80. The van der Waals surface area contributed by atoms with Crippen molar-refractivity contribution in [2.45, 2.75) is 13.3 Å². The van der Waals surface area contributed by atoms with Crippen molar-refractivity contribution in [1.29, 1.82) is 10.5 Å². The second-order valence-electron chi connectivity index (χ2n) is 2.45. The largest absolute Gasteiger partial charge is 0.396 e. The van der Waals surface area contributed by atoms with Crippen LogP contribution in [0, 0.1) is 22.7 Å². The van der Waals surface area contributed by atoms with Crippen LogP contribution in [-0.2, 0) is 19.7 Å². The summed E-state index contributed by atoms with van der Waals surface area (Å²) in [5.74, 6) is 0. The van der Waals surface area contributed by atoms with Crippen LogP contribution in [0.2, 0.25) is 0 Å². The molecule has 1 aliphatic rings. The van der Waals surface area contributed by atoms with Gasteiger partial charge in [0.25, 0.3) is 0 Å². The van der Waals surface area contributed by atoms with Crippen molar-refractivity contribution in [3.05, 3.63) is 21.1 Å². The summed E-state index contributed by atoms with van der Waals surface area (Å²) >= 11 is 0. The van der Waals surface area contributed by atoms with Gasteiger partial charge in [0.1, 0.15) is 27.3 Å². The first kappa shape index (κ1) is 10.7. The number of nitriles is 2. The molecule has 1 heterocycles. The van der Waals surface area contributed by atoms with Gasteiger partial charge in [-0.3, -0.25) is 0 Å². The lowest BCUT2D eigenvalue weighted by molar-refractivity contribution is 0.701. The fourth-order valence-corrected chi connectivity index (χ4v) is 4.01. The monoisotopic (exact) mass is 225 g/mol. The summed E-state index contributed by atoms with van der Waals surface area (Å²) < 4.78 is 10.8. The van der Waals surface area contributed by atoms with Crippen LogP contribution in [0.3, 0.4) is 0 Å². The highest BCUT2D eigenvalue weighted by Gasteiger charge is 2.26. The molecule has 1 rings (SSSR count). The Morgan fingerprint density at radius 1 is 1.50 bits per heavy atom. The predicted octanol–water partition coefficient (Wildman–Crippen LogP) is 0.628. The molecule has 0 bridgehead atoms. The highest BCUT2D eigenvalue weighted by Crippen LogP contribution is 2.31. The van der Waals surface area contributed by atoms with Gasteiger partial charge in [-0.15, -0.1) is 0 Å². The first-order valence-corrected chi connectivity index (χ1v) is 6.27. The topological polar surface area (TPSA) is 90.7 Å². The summed E-state index contributed by atoms with van der Waals surface area (Å²) in [6.07, 6.45) is 0.577. The molecule has 0 spiro atoms. The average Bonchev–Trinajstić information content (AvgIpc) is 2.48. The minimum Gasteiger partial charge on any atom is -0.396 e. The van der Waals surface area contributed by atoms with E-state index in [9.17, 15) is 4.21 Å². The number of nitrogens with two attached hydrogens (primary N) is 1. The standard InChI is InChI=1S/C8H7N3OS2/c1-2-6-5(3-9)8(11)7(4-10)14(6)13-12/h2,11H2,1H3. The lowest BCUT2D eigenvalue weighted by Gasteiger charge is -1.97. The minimum absolute atomic E-state index is 0.179. The molecule has 6 heteroatoms. The molecule has 0 fully saturated rings. The van der Waals surface area contributed by atoms with Crippen LogP contribution >= 0.6 is 0 Å². The lowest BCUT2D eigenvalue weighted by atomic mass is 10.2. The smallest absolute Gasteiger partial charge is 0.130 e. The van der Waals surface area contributed by atoms with Crippen molar-refractivity contribution >= 4 is 19.7 Å². The van der Waals surface area contributed by atoms with Gasteiger partial charge in [0.05, 0.1) is 11.3 Å². The Hall–Kier alpha value is -1.37. The number of hydrogen-bond donors (Lipinski definition) is 1. The van der Waals surface area contributed by atoms with E-state index in [-0.39, 0.29) is 10.6 Å². The van der Waals surface area contributed by atoms with Crippen LogP contribution in [0.15, 0.2) is 21.1 Å². The van der Waals surface area contributed by atoms with Crippen LogP contribution in [0.25, 0.3) is 0 Å². The normalized spacial score (nSPS) is 20.6. The molecule has 0 aliphatic carbocycles. The summed E-state index contributed by atoms with van der Waals surface area (Å²) in [6.45, 7) is 1.84. The Kier molecular flexibility index (Phi) is 3.23. The predicted molar refractivity (Wildman–Crippen MR) is 55.3 cm³/mol. The van der Waals surface area contributed by atoms with Gasteiger partial charge >= 0.3 is 0 Å². The molecule has 0 aromatic carbocycles. The second-order valence-corrected chi connectivity index (χ2v) is 5.44. The first-order valence-electron chi connectivity index (χ1n) is 3.79. The Morgan fingerprint density at radius 2 is 2.14 bits per heavy atom. The molecule has 4 nitrogen and oxygen atoms in total. The molecule has 0 saturated carbocycles. The van der Waals surface area contributed by atoms with E-state index >= 15 is 0 Å². The van der Waals surface area contributed by atoms with Gasteiger partial charge < -0.3 is 5.73 Å². The summed E-state index contributed by atoms with van der Waals surface area (Å²) in [7, 11) is -0.529. The molecule has 0 aromatic rings. The van der Waals surface area contributed by atoms with Gasteiger partial charge in [-0.1, -0.05) is 6.92 Å². The molecule has 0 saturated heterocycles. The second kappa shape index (κ2) is 4.23. The first-order chi connectivity index (χ1) is 6.71. The van der Waals surface area contributed by atoms with Crippen LogP contribution in [-0.4, -0.2) is 4.21 Å². The highest BCUT2D eigenvalue weighted by molar-refractivity contribution is 8.35. The Balaban J connectivity index is 3.53. The number of rotatable bonds is 1. The maximum absolute atomic E-state index is 10.8. The molecule has 1 atom stereocenters. The van der Waals surface area contributed by atoms with Gasteiger partial charge in [-0.05, 0) is 15.9 Å². The van der Waals surface area contributed by atoms with Gasteiger partial charge in [-0.25, -0.2) is 4.21 Å². The molecule has 0 amide bonds. The molecule has 0 aromatic heterocycles. The summed E-state index contributed by atoms with van der Waals surface area (Å²) in [5.41, 5.74) is 6.10.